The Balaban J connectivity index is 1.95. The van der Waals surface area contributed by atoms with Crippen molar-refractivity contribution < 1.29 is 4.79 Å². The molecule has 1 aromatic heterocycles. The van der Waals surface area contributed by atoms with E-state index in [1.165, 1.54) is 0 Å². The Hall–Kier alpha value is -0.870. The van der Waals surface area contributed by atoms with Crippen LogP contribution in [0.2, 0.25) is 0 Å². The van der Waals surface area contributed by atoms with Crippen LogP contribution in [0.15, 0.2) is 16.8 Å². The first-order valence-corrected chi connectivity index (χ1v) is 5.75. The fraction of sp³-hybridized carbons (Fsp3) is 0.500. The largest absolute Gasteiger partial charge is 0.325 e. The maximum Gasteiger partial charge on any atom is 0.229 e. The van der Waals surface area contributed by atoms with Gasteiger partial charge >= 0.3 is 0 Å². The van der Waals surface area contributed by atoms with E-state index < -0.39 is 0 Å². The molecule has 3 nitrogen and oxygen atoms in total. The molecule has 0 saturated carbocycles. The highest BCUT2D eigenvalue weighted by molar-refractivity contribution is 7.08. The van der Waals surface area contributed by atoms with Crippen LogP contribution in [0.1, 0.15) is 6.92 Å². The van der Waals surface area contributed by atoms with Crippen molar-refractivity contribution in [3.05, 3.63) is 16.8 Å². The average molecular weight is 210 g/mol. The van der Waals surface area contributed by atoms with E-state index in [4.69, 9.17) is 0 Å². The molecule has 0 radical (unpaired) electrons. The summed E-state index contributed by atoms with van der Waals surface area (Å²) < 4.78 is 0. The summed E-state index contributed by atoms with van der Waals surface area (Å²) in [6.07, 6.45) is 0. The zero-order chi connectivity index (χ0) is 9.97. The Kier molecular flexibility index (Phi) is 2.84. The fourth-order valence-electron chi connectivity index (χ4n) is 1.73. The van der Waals surface area contributed by atoms with Crippen molar-refractivity contribution in [3.8, 4) is 0 Å². The van der Waals surface area contributed by atoms with Gasteiger partial charge in [0.2, 0.25) is 5.91 Å². The minimum Gasteiger partial charge on any atom is -0.325 e. The third kappa shape index (κ3) is 1.96. The molecule has 1 aliphatic rings. The maximum absolute atomic E-state index is 11.8. The average Bonchev–Trinajstić information content (AvgIpc) is 2.75. The van der Waals surface area contributed by atoms with E-state index >= 15 is 0 Å². The van der Waals surface area contributed by atoms with Crippen molar-refractivity contribution in [2.24, 2.45) is 11.8 Å². The van der Waals surface area contributed by atoms with Gasteiger partial charge in [-0.15, -0.1) is 0 Å². The van der Waals surface area contributed by atoms with E-state index in [1.807, 2.05) is 16.8 Å². The lowest BCUT2D eigenvalue weighted by Crippen LogP contribution is -2.27. The van der Waals surface area contributed by atoms with Crippen LogP contribution in [0.5, 0.6) is 0 Å². The monoisotopic (exact) mass is 210 g/mol. The molecule has 0 spiro atoms. The Morgan fingerprint density at radius 2 is 2.50 bits per heavy atom. The van der Waals surface area contributed by atoms with Gasteiger partial charge in [-0.05, 0) is 23.9 Å². The van der Waals surface area contributed by atoms with Crippen LogP contribution in [0, 0.1) is 11.8 Å². The molecule has 2 N–H and O–H groups in total. The second kappa shape index (κ2) is 4.11. The van der Waals surface area contributed by atoms with Crippen LogP contribution in [0.25, 0.3) is 0 Å². The van der Waals surface area contributed by atoms with Crippen LogP contribution >= 0.6 is 11.3 Å². The predicted molar refractivity (Wildman–Crippen MR) is 58.5 cm³/mol. The number of hydrogen-bond acceptors (Lipinski definition) is 3. The van der Waals surface area contributed by atoms with Crippen molar-refractivity contribution in [3.63, 3.8) is 0 Å². The van der Waals surface area contributed by atoms with Crippen LogP contribution in [0.4, 0.5) is 5.69 Å². The summed E-state index contributed by atoms with van der Waals surface area (Å²) in [7, 11) is 0. The summed E-state index contributed by atoms with van der Waals surface area (Å²) in [5.41, 5.74) is 0.916. The molecule has 1 aromatic rings. The molecule has 0 aromatic carbocycles. The van der Waals surface area contributed by atoms with Gasteiger partial charge in [-0.1, -0.05) is 6.92 Å². The third-order valence-corrected chi connectivity index (χ3v) is 3.33. The lowest BCUT2D eigenvalue weighted by atomic mass is 9.97. The van der Waals surface area contributed by atoms with Gasteiger partial charge in [-0.2, -0.15) is 11.3 Å². The molecule has 2 unspecified atom stereocenters. The van der Waals surface area contributed by atoms with Crippen molar-refractivity contribution in [2.45, 2.75) is 6.92 Å². The second-order valence-electron chi connectivity index (χ2n) is 3.74. The third-order valence-electron chi connectivity index (χ3n) is 2.64. The number of hydrogen-bond donors (Lipinski definition) is 2. The minimum absolute atomic E-state index is 0.120. The molecular formula is C10H14N2OS. The van der Waals surface area contributed by atoms with E-state index in [1.54, 1.807) is 11.3 Å². The lowest BCUT2D eigenvalue weighted by molar-refractivity contribution is -0.120. The molecule has 0 bridgehead atoms. The van der Waals surface area contributed by atoms with Gasteiger partial charge in [0, 0.05) is 11.9 Å². The van der Waals surface area contributed by atoms with E-state index in [0.29, 0.717) is 5.92 Å². The molecule has 4 heteroatoms. The Morgan fingerprint density at radius 1 is 1.64 bits per heavy atom. The van der Waals surface area contributed by atoms with Gasteiger partial charge in [0.15, 0.2) is 0 Å². The first-order valence-electron chi connectivity index (χ1n) is 4.81. The van der Waals surface area contributed by atoms with Crippen molar-refractivity contribution >= 4 is 22.9 Å². The molecule has 2 atom stereocenters. The smallest absolute Gasteiger partial charge is 0.229 e. The van der Waals surface area contributed by atoms with E-state index in [2.05, 4.69) is 17.6 Å². The summed E-state index contributed by atoms with van der Waals surface area (Å²) in [6.45, 7) is 3.86. The van der Waals surface area contributed by atoms with E-state index in [0.717, 1.165) is 18.8 Å². The summed E-state index contributed by atoms with van der Waals surface area (Å²) in [6, 6.07) is 1.93. The first-order chi connectivity index (χ1) is 6.77. The Morgan fingerprint density at radius 3 is 3.07 bits per heavy atom. The van der Waals surface area contributed by atoms with Crippen LogP contribution in [0.3, 0.4) is 0 Å². The molecule has 2 rings (SSSR count). The topological polar surface area (TPSA) is 41.1 Å². The number of anilines is 1. The molecule has 14 heavy (non-hydrogen) atoms. The lowest BCUT2D eigenvalue weighted by Gasteiger charge is -2.12. The number of amides is 1. The predicted octanol–water partition coefficient (Wildman–Crippen LogP) is 1.54. The Labute approximate surface area is 87.5 Å². The quantitative estimate of drug-likeness (QED) is 0.777. The van der Waals surface area contributed by atoms with Gasteiger partial charge in [-0.25, -0.2) is 0 Å². The van der Waals surface area contributed by atoms with Gasteiger partial charge in [-0.3, -0.25) is 4.79 Å². The van der Waals surface area contributed by atoms with E-state index in [9.17, 15) is 4.79 Å². The van der Waals surface area contributed by atoms with Gasteiger partial charge in [0.05, 0.1) is 11.6 Å². The molecule has 1 amide bonds. The van der Waals surface area contributed by atoms with Gasteiger partial charge in [0.1, 0.15) is 0 Å². The highest BCUT2D eigenvalue weighted by Crippen LogP contribution is 2.19. The molecule has 1 saturated heterocycles. The van der Waals surface area contributed by atoms with Crippen molar-refractivity contribution in [2.75, 3.05) is 18.4 Å². The normalized spacial score (nSPS) is 26.4. The van der Waals surface area contributed by atoms with Crippen LogP contribution in [-0.2, 0) is 4.79 Å². The summed E-state index contributed by atoms with van der Waals surface area (Å²) in [4.78, 5) is 11.8. The molecule has 2 heterocycles. The standard InChI is InChI=1S/C10H14N2OS/c1-7-4-11-5-9(7)10(13)12-8-2-3-14-6-8/h2-3,6-7,9,11H,4-5H2,1H3,(H,12,13). The fourth-order valence-corrected chi connectivity index (χ4v) is 2.32. The minimum atomic E-state index is 0.120. The van der Waals surface area contributed by atoms with Crippen molar-refractivity contribution in [1.82, 2.24) is 5.32 Å². The summed E-state index contributed by atoms with van der Waals surface area (Å²) in [5, 5.41) is 10.1. The molecule has 1 aliphatic heterocycles. The van der Waals surface area contributed by atoms with Gasteiger partial charge < -0.3 is 10.6 Å². The Bertz CT molecular complexity index is 310. The summed E-state index contributed by atoms with van der Waals surface area (Å²) >= 11 is 1.59. The molecule has 1 fully saturated rings. The number of carbonyl (C=O) groups is 1. The second-order valence-corrected chi connectivity index (χ2v) is 4.52. The zero-order valence-corrected chi connectivity index (χ0v) is 8.93. The SMILES string of the molecule is CC1CNCC1C(=O)Nc1ccsc1. The van der Waals surface area contributed by atoms with Gasteiger partial charge in [0.25, 0.3) is 0 Å². The number of thiophene rings is 1. The van der Waals surface area contributed by atoms with Crippen LogP contribution < -0.4 is 10.6 Å². The highest BCUT2D eigenvalue weighted by atomic mass is 32.1. The number of rotatable bonds is 2. The molecule has 0 aliphatic carbocycles. The zero-order valence-electron chi connectivity index (χ0n) is 8.12. The highest BCUT2D eigenvalue weighted by Gasteiger charge is 2.29. The van der Waals surface area contributed by atoms with Crippen LogP contribution in [-0.4, -0.2) is 19.0 Å². The first kappa shape index (κ1) is 9.68. The van der Waals surface area contributed by atoms with Crippen molar-refractivity contribution in [1.29, 1.82) is 0 Å². The molecule has 76 valence electrons. The van der Waals surface area contributed by atoms with E-state index in [-0.39, 0.29) is 11.8 Å². The number of nitrogens with one attached hydrogen (secondary N) is 2. The maximum atomic E-state index is 11.8. The number of carbonyl (C=O) groups excluding carboxylic acids is 1. The molecular weight excluding hydrogens is 196 g/mol. The summed E-state index contributed by atoms with van der Waals surface area (Å²) in [5.74, 6) is 0.699.